The van der Waals surface area contributed by atoms with Gasteiger partial charge in [-0.2, -0.15) is 0 Å². The maximum atomic E-state index is 12.7. The number of imidazole rings is 2. The molecule has 11 nitrogen and oxygen atoms in total. The molecule has 0 fully saturated rings. The smallest absolute Gasteiger partial charge is 0.332 e. The van der Waals surface area contributed by atoms with Crippen molar-refractivity contribution in [3.63, 3.8) is 0 Å². The summed E-state index contributed by atoms with van der Waals surface area (Å²) in [6.45, 7) is 0. The van der Waals surface area contributed by atoms with Gasteiger partial charge in [-0.3, -0.25) is 4.79 Å². The van der Waals surface area contributed by atoms with Gasteiger partial charge in [-0.25, -0.2) is 29.3 Å². The quantitative estimate of drug-likeness (QED) is 0.407. The van der Waals surface area contributed by atoms with E-state index in [1.165, 1.54) is 24.2 Å². The molecular formula is C19H14N8O3. The first-order chi connectivity index (χ1) is 14.5. The normalized spacial score (nSPS) is 11.2. The minimum Gasteiger partial charge on any atom is -0.497 e. The first-order valence-corrected chi connectivity index (χ1v) is 8.81. The molecule has 4 heterocycles. The van der Waals surface area contributed by atoms with Crippen molar-refractivity contribution in [1.29, 1.82) is 0 Å². The molecule has 5 rings (SSSR count). The largest absolute Gasteiger partial charge is 0.497 e. The summed E-state index contributed by atoms with van der Waals surface area (Å²) in [5.41, 5.74) is 7.54. The number of rotatable bonds is 4. The molecule has 0 bridgehead atoms. The minimum absolute atomic E-state index is 0.0987. The third-order valence-electron chi connectivity index (χ3n) is 4.61. The van der Waals surface area contributed by atoms with Gasteiger partial charge in [0.2, 0.25) is 0 Å². The van der Waals surface area contributed by atoms with Crippen LogP contribution in [-0.4, -0.2) is 47.5 Å². The third-order valence-corrected chi connectivity index (χ3v) is 4.61. The molecule has 30 heavy (non-hydrogen) atoms. The molecule has 11 heteroatoms. The Bertz CT molecular complexity index is 1500. The van der Waals surface area contributed by atoms with Crippen LogP contribution < -0.4 is 16.2 Å². The maximum Gasteiger partial charge on any atom is 0.332 e. The van der Waals surface area contributed by atoms with E-state index in [2.05, 4.69) is 29.9 Å². The summed E-state index contributed by atoms with van der Waals surface area (Å²) in [5.74, 6) is -0.0405. The number of hydrogen-bond donors (Lipinski definition) is 3. The molecule has 4 aromatic heterocycles. The Morgan fingerprint density at radius 2 is 2.07 bits per heavy atom. The van der Waals surface area contributed by atoms with Gasteiger partial charge in [0, 0.05) is 17.8 Å². The SMILES string of the molecule is COc1cccc(-n2c(=O)[nH]c3c(C(N)=O)nc(-c4cnc5nc[nH]c5c4)nc32)c1. The van der Waals surface area contributed by atoms with Crippen molar-refractivity contribution in [2.24, 2.45) is 5.73 Å². The number of nitrogens with zero attached hydrogens (tertiary/aromatic N) is 5. The van der Waals surface area contributed by atoms with Gasteiger partial charge in [-0.1, -0.05) is 6.07 Å². The van der Waals surface area contributed by atoms with E-state index in [0.29, 0.717) is 28.2 Å². The van der Waals surface area contributed by atoms with E-state index in [1.807, 2.05) is 0 Å². The lowest BCUT2D eigenvalue weighted by Gasteiger charge is -2.07. The molecule has 4 N–H and O–H groups in total. The van der Waals surface area contributed by atoms with Gasteiger partial charge >= 0.3 is 5.69 Å². The number of fused-ring (bicyclic) bond motifs is 2. The van der Waals surface area contributed by atoms with E-state index in [-0.39, 0.29) is 22.7 Å². The van der Waals surface area contributed by atoms with Crippen LogP contribution in [0.3, 0.4) is 0 Å². The molecule has 0 aliphatic heterocycles. The van der Waals surface area contributed by atoms with Crippen molar-refractivity contribution in [2.45, 2.75) is 0 Å². The summed E-state index contributed by atoms with van der Waals surface area (Å²) < 4.78 is 6.57. The average Bonchev–Trinajstić information content (AvgIpc) is 3.35. The number of benzene rings is 1. The molecule has 0 atom stereocenters. The van der Waals surface area contributed by atoms with Gasteiger partial charge in [0.15, 0.2) is 22.8 Å². The molecular weight excluding hydrogens is 388 g/mol. The number of amides is 1. The molecule has 5 aromatic rings. The van der Waals surface area contributed by atoms with Gasteiger partial charge in [0.25, 0.3) is 5.91 Å². The van der Waals surface area contributed by atoms with E-state index >= 15 is 0 Å². The first kappa shape index (κ1) is 17.6. The number of pyridine rings is 1. The lowest BCUT2D eigenvalue weighted by molar-refractivity contribution is 0.0997. The number of nitrogens with one attached hydrogen (secondary N) is 2. The van der Waals surface area contributed by atoms with Crippen LogP contribution in [0.15, 0.2) is 47.7 Å². The topological polar surface area (TPSA) is 157 Å². The van der Waals surface area contributed by atoms with Crippen molar-refractivity contribution in [2.75, 3.05) is 7.11 Å². The highest BCUT2D eigenvalue weighted by atomic mass is 16.5. The number of hydrogen-bond acceptors (Lipinski definition) is 7. The predicted molar refractivity (Wildman–Crippen MR) is 107 cm³/mol. The number of carbonyl (C=O) groups excluding carboxylic acids is 1. The number of ether oxygens (including phenoxy) is 1. The van der Waals surface area contributed by atoms with Gasteiger partial charge in [0.05, 0.1) is 24.6 Å². The zero-order valence-corrected chi connectivity index (χ0v) is 15.6. The number of primary amides is 1. The van der Waals surface area contributed by atoms with Gasteiger partial charge in [0.1, 0.15) is 11.3 Å². The van der Waals surface area contributed by atoms with E-state index in [0.717, 1.165) is 0 Å². The van der Waals surface area contributed by atoms with Crippen LogP contribution in [0.5, 0.6) is 5.75 Å². The summed E-state index contributed by atoms with van der Waals surface area (Å²) in [5, 5.41) is 0. The molecule has 0 spiro atoms. The highest BCUT2D eigenvalue weighted by Gasteiger charge is 2.20. The number of H-pyrrole nitrogens is 2. The lowest BCUT2D eigenvalue weighted by Crippen LogP contribution is -2.15. The predicted octanol–water partition coefficient (Wildman–Crippen LogP) is 1.15. The third kappa shape index (κ3) is 2.68. The molecule has 0 saturated carbocycles. The molecule has 0 saturated heterocycles. The van der Waals surface area contributed by atoms with Gasteiger partial charge < -0.3 is 20.4 Å². The number of nitrogens with two attached hydrogens (primary N) is 1. The Labute approximate surface area is 167 Å². The molecule has 0 aliphatic rings. The Balaban J connectivity index is 1.81. The molecule has 0 radical (unpaired) electrons. The molecule has 148 valence electrons. The van der Waals surface area contributed by atoms with Crippen molar-refractivity contribution < 1.29 is 9.53 Å². The highest BCUT2D eigenvalue weighted by molar-refractivity contribution is 6.02. The zero-order valence-electron chi connectivity index (χ0n) is 15.6. The van der Waals surface area contributed by atoms with Gasteiger partial charge in [-0.15, -0.1) is 0 Å². The highest BCUT2D eigenvalue weighted by Crippen LogP contribution is 2.24. The fourth-order valence-electron chi connectivity index (χ4n) is 3.23. The fraction of sp³-hybridized carbons (Fsp3) is 0.0526. The second kappa shape index (κ2) is 6.51. The van der Waals surface area contributed by atoms with Crippen molar-refractivity contribution >= 4 is 28.2 Å². The Kier molecular flexibility index (Phi) is 3.81. The van der Waals surface area contributed by atoms with Gasteiger partial charge in [-0.05, 0) is 18.2 Å². The monoisotopic (exact) mass is 402 g/mol. The van der Waals surface area contributed by atoms with Crippen molar-refractivity contribution in [1.82, 2.24) is 34.5 Å². The van der Waals surface area contributed by atoms with E-state index in [9.17, 15) is 9.59 Å². The number of aromatic amines is 2. The van der Waals surface area contributed by atoms with Crippen LogP contribution in [0, 0.1) is 0 Å². The molecule has 0 unspecified atom stereocenters. The summed E-state index contributed by atoms with van der Waals surface area (Å²) in [6, 6.07) is 8.65. The first-order valence-electron chi connectivity index (χ1n) is 8.81. The maximum absolute atomic E-state index is 12.7. The standard InChI is InChI=1S/C19H14N8O3/c1-30-11-4-2-3-10(6-11)27-18-14(25-19(27)29)13(15(20)28)24-16(26-18)9-5-12-17(21-7-9)23-8-22-12/h2-8H,1H3,(H2,20,28)(H,25,29)(H,21,22,23). The Morgan fingerprint density at radius 3 is 2.87 bits per heavy atom. The summed E-state index contributed by atoms with van der Waals surface area (Å²) in [6.07, 6.45) is 3.06. The van der Waals surface area contributed by atoms with Crippen LogP contribution >= 0.6 is 0 Å². The van der Waals surface area contributed by atoms with E-state index in [4.69, 9.17) is 10.5 Å². The number of aromatic nitrogens is 7. The van der Waals surface area contributed by atoms with Crippen molar-refractivity contribution in [3.8, 4) is 22.8 Å². The molecule has 0 aliphatic carbocycles. The molecule has 1 amide bonds. The van der Waals surface area contributed by atoms with E-state index in [1.54, 1.807) is 30.3 Å². The minimum atomic E-state index is -0.793. The average molecular weight is 402 g/mol. The Hall–Kier alpha value is -4.54. The summed E-state index contributed by atoms with van der Waals surface area (Å²) >= 11 is 0. The summed E-state index contributed by atoms with van der Waals surface area (Å²) in [4.78, 5) is 47.5. The fourth-order valence-corrected chi connectivity index (χ4v) is 3.23. The second-order valence-corrected chi connectivity index (χ2v) is 6.42. The van der Waals surface area contributed by atoms with Crippen LogP contribution in [-0.2, 0) is 0 Å². The number of methoxy groups -OCH3 is 1. The van der Waals surface area contributed by atoms with E-state index < -0.39 is 11.6 Å². The zero-order chi connectivity index (χ0) is 20.8. The van der Waals surface area contributed by atoms with Crippen LogP contribution in [0.1, 0.15) is 10.5 Å². The second-order valence-electron chi connectivity index (χ2n) is 6.42. The number of carbonyl (C=O) groups is 1. The summed E-state index contributed by atoms with van der Waals surface area (Å²) in [7, 11) is 1.53. The van der Waals surface area contributed by atoms with Crippen LogP contribution in [0.2, 0.25) is 0 Å². The lowest BCUT2D eigenvalue weighted by atomic mass is 10.2. The van der Waals surface area contributed by atoms with Crippen LogP contribution in [0.4, 0.5) is 0 Å². The molecule has 1 aromatic carbocycles. The Morgan fingerprint density at radius 1 is 1.20 bits per heavy atom. The van der Waals surface area contributed by atoms with Crippen molar-refractivity contribution in [3.05, 3.63) is 59.0 Å². The van der Waals surface area contributed by atoms with Crippen LogP contribution in [0.25, 0.3) is 39.4 Å².